The molecule has 174 valence electrons. The molecule has 0 saturated heterocycles. The zero-order chi connectivity index (χ0) is 23.0. The van der Waals surface area contributed by atoms with Crippen LogP contribution in [0.2, 0.25) is 0 Å². The molecule has 2 aliphatic rings. The number of aryl methyl sites for hydroxylation is 1. The molecule has 0 unspecified atom stereocenters. The van der Waals surface area contributed by atoms with Crippen LogP contribution in [0.4, 0.5) is 0 Å². The highest BCUT2D eigenvalue weighted by Gasteiger charge is 2.43. The van der Waals surface area contributed by atoms with Crippen LogP contribution in [0.3, 0.4) is 0 Å². The van der Waals surface area contributed by atoms with Crippen LogP contribution in [0.25, 0.3) is 11.3 Å². The summed E-state index contributed by atoms with van der Waals surface area (Å²) in [6, 6.07) is 14.7. The smallest absolute Gasteiger partial charge is 0.243 e. The summed E-state index contributed by atoms with van der Waals surface area (Å²) < 4.78 is 36.8. The molecule has 2 atom stereocenters. The number of hydrogen-bond acceptors (Lipinski definition) is 5. The van der Waals surface area contributed by atoms with E-state index in [1.165, 1.54) is 6.42 Å². The summed E-state index contributed by atoms with van der Waals surface area (Å²) in [5.41, 5.74) is 3.55. The van der Waals surface area contributed by atoms with Crippen LogP contribution in [-0.4, -0.2) is 40.9 Å². The normalized spacial score (nSPS) is 21.5. The molecule has 1 fully saturated rings. The molecular formula is C25H30N4O3S. The largest absolute Gasteiger partial charge is 0.497 e. The average Bonchev–Trinajstić information content (AvgIpc) is 3.23. The van der Waals surface area contributed by atoms with Crippen molar-refractivity contribution in [2.45, 2.75) is 69.0 Å². The molecule has 0 bridgehead atoms. The molecule has 3 aromatic rings. The lowest BCUT2D eigenvalue weighted by Crippen LogP contribution is -2.49. The van der Waals surface area contributed by atoms with E-state index in [0.29, 0.717) is 4.90 Å². The minimum Gasteiger partial charge on any atom is -0.497 e. The number of fused-ring (bicyclic) bond motifs is 3. The van der Waals surface area contributed by atoms with Gasteiger partial charge in [-0.1, -0.05) is 48.6 Å². The first-order chi connectivity index (χ1) is 16.0. The van der Waals surface area contributed by atoms with Crippen molar-refractivity contribution in [2.24, 2.45) is 0 Å². The number of ether oxygens (including phenoxy) is 1. The highest BCUT2D eigenvalue weighted by Crippen LogP contribution is 2.40. The van der Waals surface area contributed by atoms with E-state index in [1.807, 2.05) is 48.0 Å². The molecule has 5 rings (SSSR count). The third-order valence-electron chi connectivity index (χ3n) is 6.97. The summed E-state index contributed by atoms with van der Waals surface area (Å²) >= 11 is 0. The number of rotatable bonds is 4. The van der Waals surface area contributed by atoms with Crippen molar-refractivity contribution < 1.29 is 13.2 Å². The molecule has 8 heteroatoms. The molecular weight excluding hydrogens is 436 g/mol. The highest BCUT2D eigenvalue weighted by atomic mass is 32.2. The van der Waals surface area contributed by atoms with Gasteiger partial charge in [0.1, 0.15) is 11.4 Å². The summed E-state index contributed by atoms with van der Waals surface area (Å²) in [5, 5.41) is 9.07. The van der Waals surface area contributed by atoms with Gasteiger partial charge in [-0.2, -0.15) is 4.31 Å². The molecule has 33 heavy (non-hydrogen) atoms. The summed E-state index contributed by atoms with van der Waals surface area (Å²) in [6.07, 6.45) is 6.15. The fraction of sp³-hybridized carbons (Fsp3) is 0.440. The predicted molar refractivity (Wildman–Crippen MR) is 126 cm³/mol. The van der Waals surface area contributed by atoms with Gasteiger partial charge in [-0.15, -0.1) is 5.10 Å². The Balaban J connectivity index is 1.60. The monoisotopic (exact) mass is 466 g/mol. The number of methoxy groups -OCH3 is 1. The Kier molecular flexibility index (Phi) is 5.97. The second-order valence-corrected chi connectivity index (χ2v) is 10.9. The topological polar surface area (TPSA) is 77.3 Å². The highest BCUT2D eigenvalue weighted by molar-refractivity contribution is 7.89. The maximum atomic E-state index is 13.9. The zero-order valence-corrected chi connectivity index (χ0v) is 20.0. The summed E-state index contributed by atoms with van der Waals surface area (Å²) in [4.78, 5) is 0.348. The van der Waals surface area contributed by atoms with Gasteiger partial charge in [0.25, 0.3) is 0 Å². The van der Waals surface area contributed by atoms with Crippen molar-refractivity contribution in [3.05, 3.63) is 59.8 Å². The second-order valence-electron chi connectivity index (χ2n) is 9.05. The standard InChI is InChI=1S/C25H30N4O3S/c1-18-9-15-21(16-10-18)33(30,31)28-17-24-25(19-11-13-20(32-2)14-12-19)26-27-29(24)23-8-6-4-3-5-7-22(23)28/h9-16,22-23H,3-8,17H2,1-2H3/t22-,23-/m0/s1. The number of sulfonamides is 1. The van der Waals surface area contributed by atoms with Gasteiger partial charge in [0.2, 0.25) is 10.0 Å². The van der Waals surface area contributed by atoms with Crippen LogP contribution in [0.15, 0.2) is 53.4 Å². The lowest BCUT2D eigenvalue weighted by molar-refractivity contribution is 0.146. The Labute approximate surface area is 195 Å². The van der Waals surface area contributed by atoms with Crippen molar-refractivity contribution in [3.63, 3.8) is 0 Å². The van der Waals surface area contributed by atoms with E-state index in [9.17, 15) is 8.42 Å². The molecule has 0 radical (unpaired) electrons. The van der Waals surface area contributed by atoms with Crippen molar-refractivity contribution in [1.82, 2.24) is 19.3 Å². The van der Waals surface area contributed by atoms with E-state index >= 15 is 0 Å². The Morgan fingerprint density at radius 3 is 2.24 bits per heavy atom. The first kappa shape index (κ1) is 22.1. The first-order valence-corrected chi connectivity index (χ1v) is 13.1. The maximum absolute atomic E-state index is 13.9. The Bertz CT molecular complexity index is 1220. The van der Waals surface area contributed by atoms with E-state index in [2.05, 4.69) is 10.3 Å². The first-order valence-electron chi connectivity index (χ1n) is 11.7. The van der Waals surface area contributed by atoms with Crippen LogP contribution in [0.5, 0.6) is 5.75 Å². The third-order valence-corrected chi connectivity index (χ3v) is 8.85. The van der Waals surface area contributed by atoms with Gasteiger partial charge in [0, 0.05) is 11.6 Å². The van der Waals surface area contributed by atoms with Gasteiger partial charge in [-0.25, -0.2) is 13.1 Å². The van der Waals surface area contributed by atoms with Gasteiger partial charge in [0.05, 0.1) is 30.3 Å². The molecule has 0 N–H and O–H groups in total. The molecule has 1 aliphatic carbocycles. The number of nitrogens with zero attached hydrogens (tertiary/aromatic N) is 4. The minimum atomic E-state index is -3.66. The molecule has 2 aromatic carbocycles. The van der Waals surface area contributed by atoms with E-state index < -0.39 is 10.0 Å². The van der Waals surface area contributed by atoms with Crippen LogP contribution in [0.1, 0.15) is 55.8 Å². The van der Waals surface area contributed by atoms with Crippen molar-refractivity contribution >= 4 is 10.0 Å². The van der Waals surface area contributed by atoms with Crippen LogP contribution in [-0.2, 0) is 16.6 Å². The molecule has 0 spiro atoms. The van der Waals surface area contributed by atoms with Gasteiger partial charge < -0.3 is 4.74 Å². The minimum absolute atomic E-state index is 0.00577. The Hall–Kier alpha value is -2.71. The SMILES string of the molecule is COc1ccc(-c2nnn3c2CN(S(=O)(=O)c2ccc(C)cc2)[C@H]2CCCCCC[C@@H]23)cc1. The van der Waals surface area contributed by atoms with Crippen LogP contribution in [0, 0.1) is 6.92 Å². The van der Waals surface area contributed by atoms with E-state index in [1.54, 1.807) is 23.5 Å². The van der Waals surface area contributed by atoms with Crippen molar-refractivity contribution in [1.29, 1.82) is 0 Å². The third kappa shape index (κ3) is 4.06. The lowest BCUT2D eigenvalue weighted by Gasteiger charge is -2.41. The average molecular weight is 467 g/mol. The fourth-order valence-corrected chi connectivity index (χ4v) is 6.79. The van der Waals surface area contributed by atoms with Crippen molar-refractivity contribution in [2.75, 3.05) is 7.11 Å². The molecule has 2 heterocycles. The van der Waals surface area contributed by atoms with Gasteiger partial charge in [0.15, 0.2) is 0 Å². The Morgan fingerprint density at radius 1 is 0.909 bits per heavy atom. The fourth-order valence-electron chi connectivity index (χ4n) is 5.14. The van der Waals surface area contributed by atoms with Gasteiger partial charge in [-0.05, 0) is 56.2 Å². The van der Waals surface area contributed by atoms with E-state index in [0.717, 1.165) is 60.4 Å². The maximum Gasteiger partial charge on any atom is 0.243 e. The lowest BCUT2D eigenvalue weighted by atomic mass is 9.90. The zero-order valence-electron chi connectivity index (χ0n) is 19.1. The Morgan fingerprint density at radius 2 is 1.58 bits per heavy atom. The van der Waals surface area contributed by atoms with Crippen molar-refractivity contribution in [3.8, 4) is 17.0 Å². The molecule has 1 saturated carbocycles. The quantitative estimate of drug-likeness (QED) is 0.556. The number of aromatic nitrogens is 3. The second kappa shape index (κ2) is 8.91. The van der Waals surface area contributed by atoms with E-state index in [4.69, 9.17) is 4.74 Å². The summed E-state index contributed by atoms with van der Waals surface area (Å²) in [7, 11) is -2.03. The van der Waals surface area contributed by atoms with Gasteiger partial charge in [-0.3, -0.25) is 0 Å². The van der Waals surface area contributed by atoms with E-state index in [-0.39, 0.29) is 18.6 Å². The predicted octanol–water partition coefficient (Wildman–Crippen LogP) is 4.73. The molecule has 1 aromatic heterocycles. The van der Waals surface area contributed by atoms with Gasteiger partial charge >= 0.3 is 0 Å². The molecule has 1 aliphatic heterocycles. The number of benzene rings is 2. The molecule has 0 amide bonds. The molecule has 7 nitrogen and oxygen atoms in total. The summed E-state index contributed by atoms with van der Waals surface area (Å²) in [6.45, 7) is 2.24. The van der Waals surface area contributed by atoms with Crippen LogP contribution >= 0.6 is 0 Å². The summed E-state index contributed by atoms with van der Waals surface area (Å²) in [5.74, 6) is 0.767. The number of hydrogen-bond donors (Lipinski definition) is 0. The van der Waals surface area contributed by atoms with Crippen LogP contribution < -0.4 is 4.74 Å².